The Morgan fingerprint density at radius 2 is 2.12 bits per heavy atom. The summed E-state index contributed by atoms with van der Waals surface area (Å²) in [4.78, 5) is 22.0. The highest BCUT2D eigenvalue weighted by molar-refractivity contribution is 5.90. The van der Waals surface area contributed by atoms with Crippen LogP contribution in [0.1, 0.15) is 5.69 Å². The molecule has 1 N–H and O–H groups in total. The van der Waals surface area contributed by atoms with E-state index in [1.165, 1.54) is 19.3 Å². The third-order valence-electron chi connectivity index (χ3n) is 2.83. The number of hydrogen-bond acceptors (Lipinski definition) is 6. The predicted octanol–water partition coefficient (Wildman–Crippen LogP) is 1.47. The van der Waals surface area contributed by atoms with Crippen LogP contribution in [0.4, 0.5) is 24.5 Å². The highest BCUT2D eigenvalue weighted by atomic mass is 19.4. The first-order valence-corrected chi connectivity index (χ1v) is 6.79. The van der Waals surface area contributed by atoms with Gasteiger partial charge >= 0.3 is 11.9 Å². The van der Waals surface area contributed by atoms with Gasteiger partial charge < -0.3 is 10.1 Å². The van der Waals surface area contributed by atoms with E-state index >= 15 is 0 Å². The minimum atomic E-state index is -4.44. The van der Waals surface area contributed by atoms with Crippen LogP contribution in [0, 0.1) is 17.0 Å². The fourth-order valence-corrected chi connectivity index (χ4v) is 1.87. The van der Waals surface area contributed by atoms with Crippen molar-refractivity contribution in [1.29, 1.82) is 0 Å². The summed E-state index contributed by atoms with van der Waals surface area (Å²) in [6, 6.07) is 0. The van der Waals surface area contributed by atoms with Crippen molar-refractivity contribution in [2.24, 2.45) is 0 Å². The molecule has 2 aromatic rings. The lowest BCUT2D eigenvalue weighted by molar-refractivity contribution is -0.385. The molecule has 0 fully saturated rings. The molecule has 0 unspecified atom stereocenters. The first kappa shape index (κ1) is 18.4. The van der Waals surface area contributed by atoms with E-state index in [0.717, 1.165) is 15.6 Å². The Hall–Kier alpha value is -2.96. The van der Waals surface area contributed by atoms with Crippen LogP contribution < -0.4 is 5.32 Å². The number of amides is 1. The second-order valence-corrected chi connectivity index (χ2v) is 4.96. The standard InChI is InChI=1S/C12H13F3N6O4/c1-8-10(21(23)24)4-19(18-8)5-11(22)17-9-2-16-20(3-9)7-25-6-12(13,14)15/h2-4H,5-7H2,1H3,(H,17,22). The highest BCUT2D eigenvalue weighted by Crippen LogP contribution is 2.16. The smallest absolute Gasteiger partial charge is 0.350 e. The monoisotopic (exact) mass is 362 g/mol. The Morgan fingerprint density at radius 3 is 2.72 bits per heavy atom. The molecule has 1 amide bonds. The molecule has 10 nitrogen and oxygen atoms in total. The normalized spacial score (nSPS) is 11.5. The topological polar surface area (TPSA) is 117 Å². The van der Waals surface area contributed by atoms with Crippen molar-refractivity contribution in [2.75, 3.05) is 11.9 Å². The van der Waals surface area contributed by atoms with Gasteiger partial charge in [-0.15, -0.1) is 0 Å². The van der Waals surface area contributed by atoms with Crippen LogP contribution in [0.2, 0.25) is 0 Å². The number of alkyl halides is 3. The summed E-state index contributed by atoms with van der Waals surface area (Å²) in [6.07, 6.45) is -0.797. The summed E-state index contributed by atoms with van der Waals surface area (Å²) in [7, 11) is 0. The zero-order valence-corrected chi connectivity index (χ0v) is 12.9. The Bertz CT molecular complexity index is 769. The van der Waals surface area contributed by atoms with Gasteiger partial charge in [0.2, 0.25) is 5.91 Å². The van der Waals surface area contributed by atoms with Gasteiger partial charge in [-0.1, -0.05) is 0 Å². The number of anilines is 1. The van der Waals surface area contributed by atoms with Crippen LogP contribution >= 0.6 is 0 Å². The van der Waals surface area contributed by atoms with E-state index in [4.69, 9.17) is 0 Å². The summed E-state index contributed by atoms with van der Waals surface area (Å²) in [5, 5.41) is 20.8. The fourth-order valence-electron chi connectivity index (χ4n) is 1.87. The second-order valence-electron chi connectivity index (χ2n) is 4.96. The molecule has 2 rings (SSSR count). The minimum Gasteiger partial charge on any atom is -0.350 e. The van der Waals surface area contributed by atoms with Crippen LogP contribution in [0.5, 0.6) is 0 Å². The van der Waals surface area contributed by atoms with Gasteiger partial charge in [-0.05, 0) is 6.92 Å². The SMILES string of the molecule is Cc1nn(CC(=O)Nc2cnn(COCC(F)(F)F)c2)cc1[N+](=O)[O-]. The van der Waals surface area contributed by atoms with Gasteiger partial charge in [0.05, 0.1) is 23.0 Å². The van der Waals surface area contributed by atoms with E-state index in [1.807, 2.05) is 0 Å². The molecule has 0 atom stereocenters. The lowest BCUT2D eigenvalue weighted by atomic mass is 10.4. The predicted molar refractivity (Wildman–Crippen MR) is 76.5 cm³/mol. The van der Waals surface area contributed by atoms with Crippen molar-refractivity contribution in [3.63, 3.8) is 0 Å². The van der Waals surface area contributed by atoms with Crippen molar-refractivity contribution in [3.05, 3.63) is 34.4 Å². The fraction of sp³-hybridized carbons (Fsp3) is 0.417. The van der Waals surface area contributed by atoms with Crippen molar-refractivity contribution in [2.45, 2.75) is 26.4 Å². The molecule has 0 spiro atoms. The van der Waals surface area contributed by atoms with Crippen molar-refractivity contribution in [3.8, 4) is 0 Å². The number of nitrogens with one attached hydrogen (secondary N) is 1. The number of hydrogen-bond donors (Lipinski definition) is 1. The number of aromatic nitrogens is 4. The zero-order chi connectivity index (χ0) is 18.6. The van der Waals surface area contributed by atoms with Crippen LogP contribution in [-0.4, -0.2) is 43.2 Å². The van der Waals surface area contributed by atoms with Crippen LogP contribution in [-0.2, 0) is 22.8 Å². The first-order valence-electron chi connectivity index (χ1n) is 6.79. The van der Waals surface area contributed by atoms with Crippen LogP contribution in [0.25, 0.3) is 0 Å². The number of carbonyl (C=O) groups excluding carboxylic acids is 1. The highest BCUT2D eigenvalue weighted by Gasteiger charge is 2.27. The molecule has 0 aromatic carbocycles. The maximum Gasteiger partial charge on any atom is 0.411 e. The summed E-state index contributed by atoms with van der Waals surface area (Å²) < 4.78 is 42.5. The second kappa shape index (κ2) is 7.29. The van der Waals surface area contributed by atoms with Gasteiger partial charge in [0, 0.05) is 0 Å². The minimum absolute atomic E-state index is 0.174. The van der Waals surface area contributed by atoms with E-state index in [1.54, 1.807) is 0 Å². The van der Waals surface area contributed by atoms with Crippen molar-refractivity contribution in [1.82, 2.24) is 19.6 Å². The number of rotatable bonds is 7. The lowest BCUT2D eigenvalue weighted by Gasteiger charge is -2.07. The first-order chi connectivity index (χ1) is 11.6. The Morgan fingerprint density at radius 1 is 1.40 bits per heavy atom. The molecule has 2 aromatic heterocycles. The molecule has 25 heavy (non-hydrogen) atoms. The maximum absolute atomic E-state index is 12.0. The summed E-state index contributed by atoms with van der Waals surface area (Å²) >= 11 is 0. The molecule has 0 aliphatic rings. The van der Waals surface area contributed by atoms with E-state index in [2.05, 4.69) is 20.3 Å². The molecule has 0 aliphatic heterocycles. The molecule has 0 radical (unpaired) electrons. The maximum atomic E-state index is 12.0. The molecular weight excluding hydrogens is 349 g/mol. The summed E-state index contributed by atoms with van der Waals surface area (Å²) in [5.41, 5.74) is 0.203. The largest absolute Gasteiger partial charge is 0.411 e. The van der Waals surface area contributed by atoms with Gasteiger partial charge in [-0.25, -0.2) is 4.68 Å². The number of halogens is 3. The Balaban J connectivity index is 1.87. The van der Waals surface area contributed by atoms with E-state index in [0.29, 0.717) is 0 Å². The third kappa shape index (κ3) is 5.56. The molecule has 13 heteroatoms. The van der Waals surface area contributed by atoms with Gasteiger partial charge in [0.15, 0.2) is 0 Å². The van der Waals surface area contributed by atoms with Crippen molar-refractivity contribution < 1.29 is 27.6 Å². The van der Waals surface area contributed by atoms with Gasteiger partial charge in [-0.3, -0.25) is 19.6 Å². The lowest BCUT2D eigenvalue weighted by Crippen LogP contribution is -2.19. The molecule has 2 heterocycles. The molecule has 0 aliphatic carbocycles. The molecule has 0 bridgehead atoms. The summed E-state index contributed by atoms with van der Waals surface area (Å²) in [6.45, 7) is -0.673. The third-order valence-corrected chi connectivity index (χ3v) is 2.83. The van der Waals surface area contributed by atoms with Gasteiger partial charge in [0.1, 0.15) is 31.8 Å². The van der Waals surface area contributed by atoms with Gasteiger partial charge in [0.25, 0.3) is 0 Å². The Labute approximate surface area is 138 Å². The summed E-state index contributed by atoms with van der Waals surface area (Å²) in [5.74, 6) is -0.534. The average molecular weight is 362 g/mol. The number of ether oxygens (including phenoxy) is 1. The van der Waals surface area contributed by atoms with Crippen LogP contribution in [0.3, 0.4) is 0 Å². The van der Waals surface area contributed by atoms with E-state index < -0.39 is 30.3 Å². The molecular formula is C12H13F3N6O4. The molecule has 0 saturated heterocycles. The average Bonchev–Trinajstić information content (AvgIpc) is 3.04. The van der Waals surface area contributed by atoms with Crippen molar-refractivity contribution >= 4 is 17.3 Å². The number of aryl methyl sites for hydroxylation is 1. The number of nitrogens with zero attached hydrogens (tertiary/aromatic N) is 5. The molecule has 136 valence electrons. The van der Waals surface area contributed by atoms with E-state index in [-0.39, 0.29) is 23.6 Å². The molecule has 0 saturated carbocycles. The van der Waals surface area contributed by atoms with Crippen LogP contribution in [0.15, 0.2) is 18.6 Å². The number of nitro groups is 1. The van der Waals surface area contributed by atoms with E-state index in [9.17, 15) is 28.1 Å². The zero-order valence-electron chi connectivity index (χ0n) is 12.9. The van der Waals surface area contributed by atoms with Gasteiger partial charge in [-0.2, -0.15) is 23.4 Å². The Kier molecular flexibility index (Phi) is 5.36. The number of carbonyl (C=O) groups is 1. The quantitative estimate of drug-likeness (QED) is 0.589.